The first-order valence-corrected chi connectivity index (χ1v) is 8.12. The molecule has 0 atom stereocenters. The second-order valence-corrected chi connectivity index (χ2v) is 5.96. The number of halogens is 1. The summed E-state index contributed by atoms with van der Waals surface area (Å²) in [5.74, 6) is 0.854. The summed E-state index contributed by atoms with van der Waals surface area (Å²) in [7, 11) is 1.67. The highest BCUT2D eigenvalue weighted by molar-refractivity contribution is 6.31. The molecule has 0 spiro atoms. The molecule has 1 heterocycles. The average molecular weight is 339 g/mol. The van der Waals surface area contributed by atoms with E-state index in [4.69, 9.17) is 16.3 Å². The zero-order chi connectivity index (χ0) is 16.9. The van der Waals surface area contributed by atoms with Crippen LogP contribution in [0.5, 0.6) is 5.75 Å². The Bertz CT molecular complexity index is 850. The van der Waals surface area contributed by atoms with Crippen molar-refractivity contribution in [3.8, 4) is 11.4 Å². The molecule has 0 aliphatic rings. The third-order valence-corrected chi connectivity index (χ3v) is 4.28. The maximum absolute atomic E-state index is 6.23. The Hall–Kier alpha value is -2.52. The van der Waals surface area contributed by atoms with Crippen molar-refractivity contribution in [3.05, 3.63) is 82.6 Å². The highest BCUT2D eigenvalue weighted by atomic mass is 35.5. The van der Waals surface area contributed by atoms with E-state index in [1.54, 1.807) is 7.11 Å². The van der Waals surface area contributed by atoms with Crippen LogP contribution in [0.2, 0.25) is 5.02 Å². The summed E-state index contributed by atoms with van der Waals surface area (Å²) in [6, 6.07) is 18.0. The van der Waals surface area contributed by atoms with Crippen molar-refractivity contribution in [1.29, 1.82) is 0 Å². The van der Waals surface area contributed by atoms with Gasteiger partial charge in [0, 0.05) is 23.1 Å². The molecule has 1 aromatic heterocycles. The van der Waals surface area contributed by atoms with Crippen LogP contribution in [0.4, 0.5) is 0 Å². The van der Waals surface area contributed by atoms with Gasteiger partial charge in [-0.3, -0.25) is 4.99 Å². The molecule has 0 aliphatic heterocycles. The molecule has 0 unspecified atom stereocenters. The lowest BCUT2D eigenvalue weighted by molar-refractivity contribution is 0.414. The minimum Gasteiger partial charge on any atom is -0.497 e. The molecule has 4 heteroatoms. The van der Waals surface area contributed by atoms with Gasteiger partial charge in [0.25, 0.3) is 0 Å². The highest BCUT2D eigenvalue weighted by Crippen LogP contribution is 2.20. The van der Waals surface area contributed by atoms with E-state index in [1.807, 2.05) is 67.9 Å². The van der Waals surface area contributed by atoms with Gasteiger partial charge in [-0.25, -0.2) is 0 Å². The third kappa shape index (κ3) is 3.69. The van der Waals surface area contributed by atoms with Gasteiger partial charge in [0.15, 0.2) is 0 Å². The summed E-state index contributed by atoms with van der Waals surface area (Å²) in [5, 5.41) is 0.766. The molecule has 0 aliphatic carbocycles. The smallest absolute Gasteiger partial charge is 0.118 e. The van der Waals surface area contributed by atoms with E-state index in [0.717, 1.165) is 33.3 Å². The van der Waals surface area contributed by atoms with Gasteiger partial charge in [0.05, 0.1) is 19.3 Å². The van der Waals surface area contributed by atoms with Crippen LogP contribution in [0.25, 0.3) is 5.69 Å². The Balaban J connectivity index is 1.76. The maximum atomic E-state index is 6.23. The molecule has 2 aromatic carbocycles. The number of rotatable bonds is 5. The number of nitrogens with zero attached hydrogens (tertiary/aromatic N) is 2. The van der Waals surface area contributed by atoms with Crippen molar-refractivity contribution in [2.75, 3.05) is 7.11 Å². The molecule has 3 rings (SSSR count). The van der Waals surface area contributed by atoms with E-state index >= 15 is 0 Å². The topological polar surface area (TPSA) is 26.5 Å². The Morgan fingerprint density at radius 1 is 1.12 bits per heavy atom. The van der Waals surface area contributed by atoms with Gasteiger partial charge >= 0.3 is 0 Å². The van der Waals surface area contributed by atoms with E-state index in [0.29, 0.717) is 6.54 Å². The molecule has 3 nitrogen and oxygen atoms in total. The molecule has 0 radical (unpaired) electrons. The van der Waals surface area contributed by atoms with Crippen molar-refractivity contribution in [1.82, 2.24) is 4.57 Å². The standard InChI is InChI=1S/C20H19ClN2O/c1-15-5-8-17(12-20(15)21)23-11-3-4-18(23)14-22-13-16-6-9-19(24-2)10-7-16/h3-12,14H,13H2,1-2H3. The van der Waals surface area contributed by atoms with Gasteiger partial charge in [0.2, 0.25) is 0 Å². The van der Waals surface area contributed by atoms with Crippen LogP contribution in [0.15, 0.2) is 65.8 Å². The van der Waals surface area contributed by atoms with Crippen molar-refractivity contribution in [2.24, 2.45) is 4.99 Å². The van der Waals surface area contributed by atoms with Crippen molar-refractivity contribution in [3.63, 3.8) is 0 Å². The average Bonchev–Trinajstić information content (AvgIpc) is 3.06. The second-order valence-electron chi connectivity index (χ2n) is 5.55. The molecule has 0 bridgehead atoms. The normalized spacial score (nSPS) is 11.1. The number of aryl methyl sites for hydroxylation is 1. The van der Waals surface area contributed by atoms with Gasteiger partial charge in [-0.1, -0.05) is 29.8 Å². The van der Waals surface area contributed by atoms with Gasteiger partial charge in [-0.05, 0) is 54.4 Å². The van der Waals surface area contributed by atoms with Crippen LogP contribution in [-0.2, 0) is 6.54 Å². The Kier molecular flexibility index (Phi) is 5.02. The van der Waals surface area contributed by atoms with E-state index in [9.17, 15) is 0 Å². The Labute approximate surface area is 147 Å². The fraction of sp³-hybridized carbons (Fsp3) is 0.150. The predicted octanol–water partition coefficient (Wildman–Crippen LogP) is 5.07. The lowest BCUT2D eigenvalue weighted by atomic mass is 10.2. The van der Waals surface area contributed by atoms with E-state index in [1.165, 1.54) is 0 Å². The molecule has 122 valence electrons. The predicted molar refractivity (Wildman–Crippen MR) is 99.8 cm³/mol. The SMILES string of the molecule is COc1ccc(CN=Cc2cccn2-c2ccc(C)c(Cl)c2)cc1. The third-order valence-electron chi connectivity index (χ3n) is 3.87. The van der Waals surface area contributed by atoms with Crippen molar-refractivity contribution >= 4 is 17.8 Å². The molecule has 24 heavy (non-hydrogen) atoms. The van der Waals surface area contributed by atoms with Crippen LogP contribution in [0.3, 0.4) is 0 Å². The number of hydrogen-bond acceptors (Lipinski definition) is 2. The summed E-state index contributed by atoms with van der Waals surface area (Å²) in [5.41, 5.74) is 4.26. The fourth-order valence-electron chi connectivity index (χ4n) is 2.44. The lowest BCUT2D eigenvalue weighted by Crippen LogP contribution is -1.98. The molecule has 3 aromatic rings. The number of methoxy groups -OCH3 is 1. The lowest BCUT2D eigenvalue weighted by Gasteiger charge is -2.08. The van der Waals surface area contributed by atoms with Crippen LogP contribution >= 0.6 is 11.6 Å². The number of ether oxygens (including phenoxy) is 1. The minimum absolute atomic E-state index is 0.629. The minimum atomic E-state index is 0.629. The van der Waals surface area contributed by atoms with Gasteiger partial charge in [-0.2, -0.15) is 0 Å². The van der Waals surface area contributed by atoms with Gasteiger partial charge < -0.3 is 9.30 Å². The molecule has 0 saturated heterocycles. The Morgan fingerprint density at radius 3 is 2.62 bits per heavy atom. The quantitative estimate of drug-likeness (QED) is 0.597. The molecular formula is C20H19ClN2O. The second kappa shape index (κ2) is 7.37. The first kappa shape index (κ1) is 16.3. The fourth-order valence-corrected chi connectivity index (χ4v) is 2.62. The van der Waals surface area contributed by atoms with Crippen LogP contribution in [0, 0.1) is 6.92 Å². The molecule has 0 N–H and O–H groups in total. The summed E-state index contributed by atoms with van der Waals surface area (Å²) in [6.45, 7) is 2.63. The zero-order valence-electron chi connectivity index (χ0n) is 13.7. The first-order valence-electron chi connectivity index (χ1n) is 7.74. The van der Waals surface area contributed by atoms with Gasteiger partial charge in [-0.15, -0.1) is 0 Å². The summed E-state index contributed by atoms with van der Waals surface area (Å²) in [6.07, 6.45) is 3.90. The Morgan fingerprint density at radius 2 is 1.92 bits per heavy atom. The maximum Gasteiger partial charge on any atom is 0.118 e. The van der Waals surface area contributed by atoms with Crippen LogP contribution in [-0.4, -0.2) is 17.9 Å². The van der Waals surface area contributed by atoms with E-state index in [-0.39, 0.29) is 0 Å². The highest BCUT2D eigenvalue weighted by Gasteiger charge is 2.03. The monoisotopic (exact) mass is 338 g/mol. The van der Waals surface area contributed by atoms with E-state index < -0.39 is 0 Å². The van der Waals surface area contributed by atoms with Gasteiger partial charge in [0.1, 0.15) is 5.75 Å². The molecule has 0 amide bonds. The number of benzene rings is 2. The zero-order valence-corrected chi connectivity index (χ0v) is 14.5. The largest absolute Gasteiger partial charge is 0.497 e. The summed E-state index contributed by atoms with van der Waals surface area (Å²) < 4.78 is 7.23. The number of aromatic nitrogens is 1. The summed E-state index contributed by atoms with van der Waals surface area (Å²) in [4.78, 5) is 4.55. The van der Waals surface area contributed by atoms with Crippen LogP contribution < -0.4 is 4.74 Å². The van der Waals surface area contributed by atoms with Crippen LogP contribution in [0.1, 0.15) is 16.8 Å². The van der Waals surface area contributed by atoms with Crippen molar-refractivity contribution in [2.45, 2.75) is 13.5 Å². The van der Waals surface area contributed by atoms with E-state index in [2.05, 4.69) is 15.6 Å². The number of hydrogen-bond donors (Lipinski definition) is 0. The molecule has 0 saturated carbocycles. The number of aliphatic imine (C=N–C) groups is 1. The van der Waals surface area contributed by atoms with Crippen molar-refractivity contribution < 1.29 is 4.74 Å². The first-order chi connectivity index (χ1) is 11.7. The summed E-state index contributed by atoms with van der Waals surface area (Å²) >= 11 is 6.23. The molecule has 0 fully saturated rings. The molecular weight excluding hydrogens is 320 g/mol.